The Morgan fingerprint density at radius 3 is 2.40 bits per heavy atom. The van der Waals surface area contributed by atoms with Crippen LogP contribution in [0.5, 0.6) is 5.75 Å². The third kappa shape index (κ3) is 4.41. The maximum absolute atomic E-state index is 12.8. The van der Waals surface area contributed by atoms with Crippen molar-refractivity contribution < 1.29 is 9.90 Å². The van der Waals surface area contributed by atoms with Crippen molar-refractivity contribution in [1.29, 1.82) is 0 Å². The number of benzene rings is 2. The summed E-state index contributed by atoms with van der Waals surface area (Å²) in [5, 5.41) is 9.35. The lowest BCUT2D eigenvalue weighted by Crippen LogP contribution is -2.38. The first-order chi connectivity index (χ1) is 12.0. The van der Waals surface area contributed by atoms with E-state index in [2.05, 4.69) is 13.0 Å². The molecule has 1 fully saturated rings. The van der Waals surface area contributed by atoms with Gasteiger partial charge in [-0.2, -0.15) is 0 Å². The van der Waals surface area contributed by atoms with E-state index in [0.717, 1.165) is 49.9 Å². The lowest BCUT2D eigenvalue weighted by atomic mass is 9.90. The van der Waals surface area contributed by atoms with E-state index in [1.807, 2.05) is 36.1 Å². The largest absolute Gasteiger partial charge is 0.508 e. The van der Waals surface area contributed by atoms with Crippen LogP contribution in [-0.2, 0) is 6.42 Å². The van der Waals surface area contributed by atoms with E-state index in [1.165, 1.54) is 11.1 Å². The van der Waals surface area contributed by atoms with Gasteiger partial charge in [0.2, 0.25) is 0 Å². The number of likely N-dealkylation sites (tertiary alicyclic amines) is 1. The predicted molar refractivity (Wildman–Crippen MR) is 101 cm³/mol. The molecule has 0 bridgehead atoms. The van der Waals surface area contributed by atoms with Crippen LogP contribution in [-0.4, -0.2) is 29.0 Å². The molecule has 0 spiro atoms. The molecule has 3 nitrogen and oxygen atoms in total. The molecule has 1 amide bonds. The fourth-order valence-electron chi connectivity index (χ4n) is 3.68. The molecule has 3 rings (SSSR count). The minimum absolute atomic E-state index is 0.175. The molecule has 0 radical (unpaired) electrons. The number of phenols is 1. The number of piperidine rings is 1. The van der Waals surface area contributed by atoms with Crippen molar-refractivity contribution in [1.82, 2.24) is 4.90 Å². The summed E-state index contributed by atoms with van der Waals surface area (Å²) in [6.45, 7) is 5.78. The Morgan fingerprint density at radius 1 is 1.08 bits per heavy atom. The van der Waals surface area contributed by atoms with Gasteiger partial charge in [-0.25, -0.2) is 0 Å². The Bertz CT molecular complexity index is 728. The number of amides is 1. The van der Waals surface area contributed by atoms with E-state index < -0.39 is 0 Å². The van der Waals surface area contributed by atoms with Crippen molar-refractivity contribution in [2.45, 2.75) is 39.5 Å². The molecular weight excluding hydrogens is 310 g/mol. The van der Waals surface area contributed by atoms with Crippen molar-refractivity contribution in [3.05, 3.63) is 64.7 Å². The number of carbonyl (C=O) groups excluding carboxylic acids is 1. The standard InChI is InChI=1S/C22H27NO2/c1-16-3-10-21(17(2)15-16)22(25)23-13-11-19(12-14-23)5-4-18-6-8-20(24)9-7-18/h3,6-10,15,19,24H,4-5,11-14H2,1-2H3. The summed E-state index contributed by atoms with van der Waals surface area (Å²) in [6.07, 6.45) is 4.34. The third-order valence-corrected chi connectivity index (χ3v) is 5.29. The van der Waals surface area contributed by atoms with Gasteiger partial charge in [0.25, 0.3) is 5.91 Å². The number of phenolic OH excluding ortho intramolecular Hbond substituents is 1. The monoisotopic (exact) mass is 337 g/mol. The molecule has 3 heteroatoms. The average molecular weight is 337 g/mol. The summed E-state index contributed by atoms with van der Waals surface area (Å²) >= 11 is 0. The van der Waals surface area contributed by atoms with Gasteiger partial charge in [-0.15, -0.1) is 0 Å². The Kier molecular flexibility index (Phi) is 5.42. The molecule has 1 heterocycles. The van der Waals surface area contributed by atoms with Gasteiger partial charge < -0.3 is 10.0 Å². The second-order valence-electron chi connectivity index (χ2n) is 7.26. The molecule has 25 heavy (non-hydrogen) atoms. The van der Waals surface area contributed by atoms with Gasteiger partial charge in [-0.05, 0) is 74.8 Å². The van der Waals surface area contributed by atoms with Crippen molar-refractivity contribution >= 4 is 5.91 Å². The first-order valence-electron chi connectivity index (χ1n) is 9.17. The quantitative estimate of drug-likeness (QED) is 0.893. The van der Waals surface area contributed by atoms with E-state index in [1.54, 1.807) is 12.1 Å². The van der Waals surface area contributed by atoms with Crippen molar-refractivity contribution in [2.75, 3.05) is 13.1 Å². The van der Waals surface area contributed by atoms with Crippen LogP contribution in [0.1, 0.15) is 46.3 Å². The minimum atomic E-state index is 0.175. The highest BCUT2D eigenvalue weighted by atomic mass is 16.3. The molecule has 1 aliphatic heterocycles. The van der Waals surface area contributed by atoms with Gasteiger partial charge in [-0.1, -0.05) is 29.8 Å². The van der Waals surface area contributed by atoms with Crippen LogP contribution in [0, 0.1) is 19.8 Å². The van der Waals surface area contributed by atoms with Gasteiger partial charge in [-0.3, -0.25) is 4.79 Å². The number of rotatable bonds is 4. The second-order valence-corrected chi connectivity index (χ2v) is 7.26. The normalized spacial score (nSPS) is 15.4. The molecule has 1 saturated heterocycles. The van der Waals surface area contributed by atoms with Crippen LogP contribution in [0.15, 0.2) is 42.5 Å². The molecule has 0 aliphatic carbocycles. The third-order valence-electron chi connectivity index (χ3n) is 5.29. The van der Waals surface area contributed by atoms with Gasteiger partial charge in [0.15, 0.2) is 0 Å². The molecular formula is C22H27NO2. The van der Waals surface area contributed by atoms with Crippen LogP contribution >= 0.6 is 0 Å². The molecule has 0 saturated carbocycles. The number of aryl methyl sites for hydroxylation is 3. The van der Waals surface area contributed by atoms with Crippen molar-refractivity contribution in [2.24, 2.45) is 5.92 Å². The lowest BCUT2D eigenvalue weighted by Gasteiger charge is -2.32. The zero-order chi connectivity index (χ0) is 17.8. The van der Waals surface area contributed by atoms with Gasteiger partial charge >= 0.3 is 0 Å². The lowest BCUT2D eigenvalue weighted by molar-refractivity contribution is 0.0686. The molecule has 0 aromatic heterocycles. The molecule has 1 aliphatic rings. The van der Waals surface area contributed by atoms with E-state index in [0.29, 0.717) is 11.7 Å². The van der Waals surface area contributed by atoms with Crippen LogP contribution in [0.3, 0.4) is 0 Å². The first-order valence-corrected chi connectivity index (χ1v) is 9.17. The number of hydrogen-bond donors (Lipinski definition) is 1. The smallest absolute Gasteiger partial charge is 0.254 e. The molecule has 0 atom stereocenters. The van der Waals surface area contributed by atoms with Crippen LogP contribution < -0.4 is 0 Å². The topological polar surface area (TPSA) is 40.5 Å². The molecule has 1 N–H and O–H groups in total. The van der Waals surface area contributed by atoms with E-state index in [-0.39, 0.29) is 5.91 Å². The summed E-state index contributed by atoms with van der Waals surface area (Å²) in [4.78, 5) is 14.8. The SMILES string of the molecule is Cc1ccc(C(=O)N2CCC(CCc3ccc(O)cc3)CC2)c(C)c1. The van der Waals surface area contributed by atoms with E-state index in [4.69, 9.17) is 0 Å². The Morgan fingerprint density at radius 2 is 1.76 bits per heavy atom. The van der Waals surface area contributed by atoms with E-state index >= 15 is 0 Å². The fraction of sp³-hybridized carbons (Fsp3) is 0.409. The van der Waals surface area contributed by atoms with Crippen molar-refractivity contribution in [3.63, 3.8) is 0 Å². The Balaban J connectivity index is 1.51. The highest BCUT2D eigenvalue weighted by Gasteiger charge is 2.24. The second kappa shape index (κ2) is 7.73. The highest BCUT2D eigenvalue weighted by Crippen LogP contribution is 2.25. The zero-order valence-corrected chi connectivity index (χ0v) is 15.2. The maximum Gasteiger partial charge on any atom is 0.254 e. The summed E-state index contributed by atoms with van der Waals surface area (Å²) in [7, 11) is 0. The molecule has 2 aromatic carbocycles. The number of aromatic hydroxyl groups is 1. The van der Waals surface area contributed by atoms with Crippen molar-refractivity contribution in [3.8, 4) is 5.75 Å². The fourth-order valence-corrected chi connectivity index (χ4v) is 3.68. The molecule has 2 aromatic rings. The van der Waals surface area contributed by atoms with Gasteiger partial charge in [0.1, 0.15) is 5.75 Å². The molecule has 132 valence electrons. The number of nitrogens with zero attached hydrogens (tertiary/aromatic N) is 1. The molecule has 0 unspecified atom stereocenters. The zero-order valence-electron chi connectivity index (χ0n) is 15.2. The van der Waals surface area contributed by atoms with Gasteiger partial charge in [0.05, 0.1) is 0 Å². The minimum Gasteiger partial charge on any atom is -0.508 e. The van der Waals surface area contributed by atoms with Crippen LogP contribution in [0.2, 0.25) is 0 Å². The van der Waals surface area contributed by atoms with Crippen LogP contribution in [0.25, 0.3) is 0 Å². The summed E-state index contributed by atoms with van der Waals surface area (Å²) in [5.41, 5.74) is 4.38. The van der Waals surface area contributed by atoms with Gasteiger partial charge in [0, 0.05) is 18.7 Å². The maximum atomic E-state index is 12.8. The van der Waals surface area contributed by atoms with E-state index in [9.17, 15) is 9.90 Å². The first kappa shape index (κ1) is 17.5. The predicted octanol–water partition coefficient (Wildman–Crippen LogP) is 4.49. The summed E-state index contributed by atoms with van der Waals surface area (Å²) in [5.74, 6) is 1.17. The number of carbonyl (C=O) groups is 1. The Labute approximate surface area is 150 Å². The summed E-state index contributed by atoms with van der Waals surface area (Å²) in [6, 6.07) is 13.6. The van der Waals surface area contributed by atoms with Crippen LogP contribution in [0.4, 0.5) is 0 Å². The number of hydrogen-bond acceptors (Lipinski definition) is 2. The highest BCUT2D eigenvalue weighted by molar-refractivity contribution is 5.95. The Hall–Kier alpha value is -2.29. The average Bonchev–Trinajstić information content (AvgIpc) is 2.61. The summed E-state index contributed by atoms with van der Waals surface area (Å²) < 4.78 is 0.